The van der Waals surface area contributed by atoms with E-state index in [2.05, 4.69) is 12.2 Å². The Bertz CT molecular complexity index is 342. The highest BCUT2D eigenvalue weighted by Crippen LogP contribution is 2.28. The van der Waals surface area contributed by atoms with Crippen LogP contribution in [0.3, 0.4) is 0 Å². The highest BCUT2D eigenvalue weighted by Gasteiger charge is 2.05. The van der Waals surface area contributed by atoms with Crippen molar-refractivity contribution in [3.05, 3.63) is 23.8 Å². The lowest BCUT2D eigenvalue weighted by Gasteiger charge is -2.09. The van der Waals surface area contributed by atoms with Gasteiger partial charge in [0.15, 0.2) is 11.5 Å². The van der Waals surface area contributed by atoms with Crippen LogP contribution in [0.2, 0.25) is 0 Å². The first-order valence-corrected chi connectivity index (χ1v) is 6.43. The highest BCUT2D eigenvalue weighted by atomic mass is 16.5. The number of benzene rings is 1. The smallest absolute Gasteiger partial charge is 0.162 e. The third-order valence-corrected chi connectivity index (χ3v) is 2.61. The molecule has 0 fully saturated rings. The topological polar surface area (TPSA) is 50.7 Å². The highest BCUT2D eigenvalue weighted by molar-refractivity contribution is 5.45. The van der Waals surface area contributed by atoms with Crippen LogP contribution in [0.15, 0.2) is 18.2 Å². The number of phenolic OH excluding ortho intramolecular Hbond substituents is 1. The van der Waals surface area contributed by atoms with Gasteiger partial charge in [-0.2, -0.15) is 0 Å². The second-order valence-electron chi connectivity index (χ2n) is 4.11. The summed E-state index contributed by atoms with van der Waals surface area (Å²) < 4.78 is 10.4. The van der Waals surface area contributed by atoms with E-state index in [1.54, 1.807) is 13.2 Å². The fourth-order valence-corrected chi connectivity index (χ4v) is 1.64. The third-order valence-electron chi connectivity index (χ3n) is 2.61. The predicted molar refractivity (Wildman–Crippen MR) is 72.1 cm³/mol. The minimum Gasteiger partial charge on any atom is -0.504 e. The maximum atomic E-state index is 9.87. The molecule has 0 aliphatic heterocycles. The van der Waals surface area contributed by atoms with Gasteiger partial charge in [0.1, 0.15) is 0 Å². The number of methoxy groups -OCH3 is 1. The van der Waals surface area contributed by atoms with Crippen LogP contribution >= 0.6 is 0 Å². The molecule has 1 rings (SSSR count). The van der Waals surface area contributed by atoms with Gasteiger partial charge < -0.3 is 19.9 Å². The van der Waals surface area contributed by atoms with E-state index in [-0.39, 0.29) is 5.75 Å². The molecule has 0 saturated heterocycles. The van der Waals surface area contributed by atoms with Crippen LogP contribution in [-0.4, -0.2) is 32.0 Å². The van der Waals surface area contributed by atoms with Crippen LogP contribution in [0.5, 0.6) is 11.5 Å². The van der Waals surface area contributed by atoms with Crippen molar-refractivity contribution in [2.75, 3.05) is 26.9 Å². The van der Waals surface area contributed by atoms with Gasteiger partial charge in [0.25, 0.3) is 0 Å². The van der Waals surface area contributed by atoms with Gasteiger partial charge >= 0.3 is 0 Å². The Morgan fingerprint density at radius 1 is 1.28 bits per heavy atom. The molecule has 0 aliphatic carbocycles. The number of rotatable bonds is 9. The largest absolute Gasteiger partial charge is 0.504 e. The van der Waals surface area contributed by atoms with Gasteiger partial charge in [-0.15, -0.1) is 0 Å². The summed E-state index contributed by atoms with van der Waals surface area (Å²) in [6.07, 6.45) is 2.04. The molecule has 102 valence electrons. The van der Waals surface area contributed by atoms with Gasteiger partial charge in [-0.25, -0.2) is 0 Å². The molecular formula is C14H23NO3. The summed E-state index contributed by atoms with van der Waals surface area (Å²) in [7, 11) is 1.55. The standard InChI is InChI=1S/C14H23NO3/c1-3-9-18-10-5-8-15-11-12-6-4-7-13(17-2)14(12)16/h4,6-7,15-16H,3,5,8-11H2,1-2H3. The number of phenols is 1. The minimum absolute atomic E-state index is 0.217. The number of para-hydroxylation sites is 1. The number of ether oxygens (including phenoxy) is 2. The number of nitrogens with one attached hydrogen (secondary N) is 1. The van der Waals surface area contributed by atoms with Crippen molar-refractivity contribution in [1.82, 2.24) is 5.32 Å². The molecule has 0 amide bonds. The summed E-state index contributed by atoms with van der Waals surface area (Å²) in [6.45, 7) is 5.22. The predicted octanol–water partition coefficient (Wildman–Crippen LogP) is 2.31. The molecule has 0 radical (unpaired) electrons. The van der Waals surface area contributed by atoms with Crippen LogP contribution in [0.25, 0.3) is 0 Å². The van der Waals surface area contributed by atoms with Gasteiger partial charge in [-0.3, -0.25) is 0 Å². The summed E-state index contributed by atoms with van der Waals surface area (Å²) >= 11 is 0. The molecule has 0 atom stereocenters. The van der Waals surface area contributed by atoms with Gasteiger partial charge in [-0.1, -0.05) is 19.1 Å². The van der Waals surface area contributed by atoms with Crippen molar-refractivity contribution < 1.29 is 14.6 Å². The number of hydrogen-bond donors (Lipinski definition) is 2. The lowest BCUT2D eigenvalue weighted by molar-refractivity contribution is 0.132. The maximum Gasteiger partial charge on any atom is 0.162 e. The molecule has 0 unspecified atom stereocenters. The Morgan fingerprint density at radius 2 is 2.11 bits per heavy atom. The summed E-state index contributed by atoms with van der Waals surface area (Å²) in [5, 5.41) is 13.1. The average molecular weight is 253 g/mol. The molecule has 0 saturated carbocycles. The van der Waals surface area contributed by atoms with E-state index >= 15 is 0 Å². The van der Waals surface area contributed by atoms with Crippen molar-refractivity contribution >= 4 is 0 Å². The molecule has 0 heterocycles. The summed E-state index contributed by atoms with van der Waals surface area (Å²) in [4.78, 5) is 0. The second-order valence-corrected chi connectivity index (χ2v) is 4.11. The molecular weight excluding hydrogens is 230 g/mol. The summed E-state index contributed by atoms with van der Waals surface area (Å²) in [5.74, 6) is 0.732. The third kappa shape index (κ3) is 4.94. The Balaban J connectivity index is 2.23. The van der Waals surface area contributed by atoms with E-state index in [0.29, 0.717) is 12.3 Å². The van der Waals surface area contributed by atoms with E-state index in [1.165, 1.54) is 0 Å². The normalized spacial score (nSPS) is 10.6. The van der Waals surface area contributed by atoms with Crippen LogP contribution in [0.1, 0.15) is 25.3 Å². The number of hydrogen-bond acceptors (Lipinski definition) is 4. The summed E-state index contributed by atoms with van der Waals surface area (Å²) in [6, 6.07) is 5.51. The zero-order chi connectivity index (χ0) is 13.2. The lowest BCUT2D eigenvalue weighted by atomic mass is 10.2. The van der Waals surface area contributed by atoms with E-state index in [0.717, 1.165) is 38.2 Å². The van der Waals surface area contributed by atoms with Gasteiger partial charge in [0.05, 0.1) is 7.11 Å². The fraction of sp³-hybridized carbons (Fsp3) is 0.571. The van der Waals surface area contributed by atoms with Crippen LogP contribution < -0.4 is 10.1 Å². The van der Waals surface area contributed by atoms with Crippen LogP contribution in [0, 0.1) is 0 Å². The molecule has 2 N–H and O–H groups in total. The molecule has 4 heteroatoms. The molecule has 1 aromatic rings. The first-order valence-electron chi connectivity index (χ1n) is 6.43. The van der Waals surface area contributed by atoms with Crippen molar-refractivity contribution in [3.63, 3.8) is 0 Å². The maximum absolute atomic E-state index is 9.87. The Labute approximate surface area is 109 Å². The van der Waals surface area contributed by atoms with Crippen LogP contribution in [0.4, 0.5) is 0 Å². The fourth-order valence-electron chi connectivity index (χ4n) is 1.64. The zero-order valence-electron chi connectivity index (χ0n) is 11.2. The zero-order valence-corrected chi connectivity index (χ0v) is 11.2. The molecule has 1 aromatic carbocycles. The van der Waals surface area contributed by atoms with Gasteiger partial charge in [0.2, 0.25) is 0 Å². The SMILES string of the molecule is CCCOCCCNCc1cccc(OC)c1O. The van der Waals surface area contributed by atoms with E-state index in [9.17, 15) is 5.11 Å². The monoisotopic (exact) mass is 253 g/mol. The van der Waals surface area contributed by atoms with Gasteiger partial charge in [-0.05, 0) is 25.5 Å². The first-order chi connectivity index (χ1) is 8.79. The van der Waals surface area contributed by atoms with E-state index in [4.69, 9.17) is 9.47 Å². The van der Waals surface area contributed by atoms with Crippen molar-refractivity contribution in [1.29, 1.82) is 0 Å². The van der Waals surface area contributed by atoms with Gasteiger partial charge in [0, 0.05) is 25.3 Å². The Hall–Kier alpha value is -1.26. The molecule has 0 spiro atoms. The lowest BCUT2D eigenvalue weighted by Crippen LogP contribution is -2.16. The van der Waals surface area contributed by atoms with Crippen LogP contribution in [-0.2, 0) is 11.3 Å². The Kier molecular flexibility index (Phi) is 7.22. The first kappa shape index (κ1) is 14.8. The quantitative estimate of drug-likeness (QED) is 0.663. The minimum atomic E-state index is 0.217. The van der Waals surface area contributed by atoms with E-state index < -0.39 is 0 Å². The summed E-state index contributed by atoms with van der Waals surface area (Å²) in [5.41, 5.74) is 0.851. The molecule has 18 heavy (non-hydrogen) atoms. The molecule has 0 aromatic heterocycles. The van der Waals surface area contributed by atoms with Crippen molar-refractivity contribution in [2.24, 2.45) is 0 Å². The molecule has 0 bridgehead atoms. The average Bonchev–Trinajstić information content (AvgIpc) is 2.39. The molecule has 4 nitrogen and oxygen atoms in total. The Morgan fingerprint density at radius 3 is 2.83 bits per heavy atom. The second kappa shape index (κ2) is 8.78. The van der Waals surface area contributed by atoms with Crippen molar-refractivity contribution in [3.8, 4) is 11.5 Å². The van der Waals surface area contributed by atoms with Crippen molar-refractivity contribution in [2.45, 2.75) is 26.3 Å². The number of aromatic hydroxyl groups is 1. The van der Waals surface area contributed by atoms with E-state index in [1.807, 2.05) is 12.1 Å². The molecule has 0 aliphatic rings.